The summed E-state index contributed by atoms with van der Waals surface area (Å²) in [4.78, 5) is 37.3. The second-order valence-electron chi connectivity index (χ2n) is 11.7. The van der Waals surface area contributed by atoms with Crippen LogP contribution < -0.4 is 19.7 Å². The molecule has 2 aromatic heterocycles. The van der Waals surface area contributed by atoms with Gasteiger partial charge in [-0.3, -0.25) is 0 Å². The lowest BCUT2D eigenvalue weighted by Crippen LogP contribution is -2.50. The Hall–Kier alpha value is -3.32. The number of hydrogen-bond donors (Lipinski definition) is 1. The van der Waals surface area contributed by atoms with Crippen molar-refractivity contribution in [1.82, 2.24) is 25.1 Å². The lowest BCUT2D eigenvalue weighted by atomic mass is 10.2. The summed E-state index contributed by atoms with van der Waals surface area (Å²) in [5.74, 6) is 1.24. The second kappa shape index (κ2) is 17.1. The maximum atomic E-state index is 12.0. The molecule has 0 spiro atoms. The minimum Gasteiger partial charge on any atom is -0.481 e. The number of anilines is 1. The molecule has 13 heteroatoms. The van der Waals surface area contributed by atoms with Gasteiger partial charge >= 0.3 is 12.2 Å². The third kappa shape index (κ3) is 14.1. The van der Waals surface area contributed by atoms with Crippen LogP contribution >= 0.6 is 15.9 Å². The normalized spacial score (nSPS) is 15.2. The molecule has 4 heterocycles. The van der Waals surface area contributed by atoms with Gasteiger partial charge in [-0.25, -0.2) is 19.6 Å². The van der Waals surface area contributed by atoms with E-state index in [1.54, 1.807) is 42.5 Å². The Balaban J connectivity index is 0.000000249. The van der Waals surface area contributed by atoms with Crippen LogP contribution in [0, 0.1) is 0 Å². The maximum absolute atomic E-state index is 12.0. The van der Waals surface area contributed by atoms with Gasteiger partial charge in [0.1, 0.15) is 11.2 Å². The number of aromatic nitrogens is 2. The third-order valence-electron chi connectivity index (χ3n) is 5.90. The number of nitrogens with one attached hydrogen (secondary N) is 1. The average Bonchev–Trinajstić information content (AvgIpc) is 2.97. The smallest absolute Gasteiger partial charge is 0.410 e. The third-order valence-corrected chi connectivity index (χ3v) is 6.37. The molecule has 2 fully saturated rings. The first-order valence-corrected chi connectivity index (χ1v) is 15.1. The van der Waals surface area contributed by atoms with Crippen LogP contribution in [0.1, 0.15) is 41.5 Å². The van der Waals surface area contributed by atoms with Gasteiger partial charge in [0.05, 0.1) is 26.1 Å². The Bertz CT molecular complexity index is 1110. The Morgan fingerprint density at radius 2 is 1.19 bits per heavy atom. The number of rotatable bonds is 3. The Morgan fingerprint density at radius 3 is 1.58 bits per heavy atom. The molecule has 0 saturated carbocycles. The zero-order valence-electron chi connectivity index (χ0n) is 26.7. The van der Waals surface area contributed by atoms with E-state index in [0.29, 0.717) is 24.8 Å². The SMILES string of the molecule is CC(C)(C)OC(=O)N1CCNCC1.COc1ccc(Br)cn1.COc1ccc(N2CCN(C(=O)OC(C)(C)C)CC2)cn1. The molecule has 1 N–H and O–H groups in total. The first-order valence-electron chi connectivity index (χ1n) is 14.3. The highest BCUT2D eigenvalue weighted by Crippen LogP contribution is 2.19. The molecule has 0 radical (unpaired) electrons. The molecule has 4 rings (SSSR count). The van der Waals surface area contributed by atoms with Crippen molar-refractivity contribution in [1.29, 1.82) is 0 Å². The fourth-order valence-corrected chi connectivity index (χ4v) is 4.05. The first kappa shape index (κ1) is 35.9. The molecular formula is C30H47BrN6O6. The van der Waals surface area contributed by atoms with Crippen molar-refractivity contribution < 1.29 is 28.5 Å². The molecule has 2 aromatic rings. The lowest BCUT2D eigenvalue weighted by molar-refractivity contribution is 0.0223. The van der Waals surface area contributed by atoms with Crippen LogP contribution in [0.4, 0.5) is 15.3 Å². The van der Waals surface area contributed by atoms with Crippen molar-refractivity contribution in [2.45, 2.75) is 52.7 Å². The first-order chi connectivity index (χ1) is 20.2. The predicted molar refractivity (Wildman–Crippen MR) is 170 cm³/mol. The number of carbonyl (C=O) groups excluding carboxylic acids is 2. The molecule has 240 valence electrons. The van der Waals surface area contributed by atoms with E-state index in [1.807, 2.05) is 59.7 Å². The Labute approximate surface area is 264 Å². The summed E-state index contributed by atoms with van der Waals surface area (Å²) in [6.07, 6.45) is 3.05. The summed E-state index contributed by atoms with van der Waals surface area (Å²) in [5.41, 5.74) is 0.204. The summed E-state index contributed by atoms with van der Waals surface area (Å²) >= 11 is 3.26. The minimum absolute atomic E-state index is 0.200. The number of amides is 2. The van der Waals surface area contributed by atoms with Crippen molar-refractivity contribution in [3.63, 3.8) is 0 Å². The molecule has 0 aromatic carbocycles. The molecule has 0 unspecified atom stereocenters. The van der Waals surface area contributed by atoms with Crippen molar-refractivity contribution in [3.8, 4) is 11.8 Å². The Kier molecular flexibility index (Phi) is 14.3. The standard InChI is InChI=1S/C15H23N3O3.C9H18N2O2.C6H6BrNO/c1-15(2,3)21-14(19)18-9-7-17(8-10-18)12-5-6-13(20-4)16-11-12;1-9(2,3)13-8(12)11-6-4-10-5-7-11;1-9-6-3-2-5(7)4-8-6/h5-6,11H,7-10H2,1-4H3;10H,4-7H2,1-3H3;2-4H,1H3. The quantitative estimate of drug-likeness (QED) is 0.488. The van der Waals surface area contributed by atoms with Gasteiger partial charge in [-0.05, 0) is 69.6 Å². The number of nitrogens with zero attached hydrogens (tertiary/aromatic N) is 5. The lowest BCUT2D eigenvalue weighted by Gasteiger charge is -2.36. The molecule has 12 nitrogen and oxygen atoms in total. The number of pyridine rings is 2. The average molecular weight is 668 g/mol. The summed E-state index contributed by atoms with van der Waals surface area (Å²) in [6.45, 7) is 17.3. The number of hydrogen-bond acceptors (Lipinski definition) is 10. The van der Waals surface area contributed by atoms with E-state index >= 15 is 0 Å². The number of halogens is 1. The van der Waals surface area contributed by atoms with Crippen molar-refractivity contribution in [2.24, 2.45) is 0 Å². The van der Waals surface area contributed by atoms with Gasteiger partial charge in [0.15, 0.2) is 0 Å². The van der Waals surface area contributed by atoms with Gasteiger partial charge in [-0.2, -0.15) is 0 Å². The Morgan fingerprint density at radius 1 is 0.721 bits per heavy atom. The van der Waals surface area contributed by atoms with Gasteiger partial charge in [0.25, 0.3) is 0 Å². The highest BCUT2D eigenvalue weighted by atomic mass is 79.9. The van der Waals surface area contributed by atoms with Crippen LogP contribution in [-0.4, -0.2) is 110 Å². The van der Waals surface area contributed by atoms with Gasteiger partial charge in [-0.1, -0.05) is 0 Å². The van der Waals surface area contributed by atoms with Crippen LogP contribution in [0.5, 0.6) is 11.8 Å². The highest BCUT2D eigenvalue weighted by Gasteiger charge is 2.26. The monoisotopic (exact) mass is 666 g/mol. The van der Waals surface area contributed by atoms with E-state index in [0.717, 1.165) is 49.4 Å². The largest absolute Gasteiger partial charge is 0.481 e. The van der Waals surface area contributed by atoms with E-state index < -0.39 is 5.60 Å². The zero-order chi connectivity index (χ0) is 32.0. The summed E-state index contributed by atoms with van der Waals surface area (Å²) in [7, 11) is 3.19. The fourth-order valence-electron chi connectivity index (χ4n) is 3.81. The van der Waals surface area contributed by atoms with Crippen LogP contribution in [0.25, 0.3) is 0 Å². The van der Waals surface area contributed by atoms with E-state index in [1.165, 1.54) is 0 Å². The molecule has 2 amide bonds. The molecule has 2 aliphatic rings. The van der Waals surface area contributed by atoms with Crippen LogP contribution in [0.2, 0.25) is 0 Å². The molecule has 0 atom stereocenters. The molecule has 0 aliphatic carbocycles. The van der Waals surface area contributed by atoms with E-state index in [9.17, 15) is 9.59 Å². The molecular weight excluding hydrogens is 620 g/mol. The van der Waals surface area contributed by atoms with Crippen molar-refractivity contribution in [3.05, 3.63) is 41.1 Å². The minimum atomic E-state index is -0.450. The second-order valence-corrected chi connectivity index (χ2v) is 12.7. The summed E-state index contributed by atoms with van der Waals surface area (Å²) in [5, 5.41) is 3.18. The van der Waals surface area contributed by atoms with Crippen molar-refractivity contribution in [2.75, 3.05) is 71.5 Å². The number of ether oxygens (including phenoxy) is 4. The van der Waals surface area contributed by atoms with Crippen LogP contribution in [0.3, 0.4) is 0 Å². The van der Waals surface area contributed by atoms with Crippen LogP contribution in [0.15, 0.2) is 41.1 Å². The topological polar surface area (TPSA) is 119 Å². The maximum Gasteiger partial charge on any atom is 0.410 e. The summed E-state index contributed by atoms with van der Waals surface area (Å²) in [6, 6.07) is 7.50. The highest BCUT2D eigenvalue weighted by molar-refractivity contribution is 9.10. The van der Waals surface area contributed by atoms with E-state index in [4.69, 9.17) is 18.9 Å². The summed E-state index contributed by atoms with van der Waals surface area (Å²) < 4.78 is 21.5. The van der Waals surface area contributed by atoms with E-state index in [-0.39, 0.29) is 17.8 Å². The number of methoxy groups -OCH3 is 2. The van der Waals surface area contributed by atoms with Gasteiger partial charge in [-0.15, -0.1) is 0 Å². The van der Waals surface area contributed by atoms with Crippen LogP contribution in [-0.2, 0) is 9.47 Å². The molecule has 2 aliphatic heterocycles. The van der Waals surface area contributed by atoms with Crippen molar-refractivity contribution >= 4 is 33.8 Å². The number of piperazine rings is 2. The van der Waals surface area contributed by atoms with Gasteiger partial charge in [0.2, 0.25) is 11.8 Å². The predicted octanol–water partition coefficient (Wildman–Crippen LogP) is 4.83. The van der Waals surface area contributed by atoms with Gasteiger partial charge < -0.3 is 39.0 Å². The molecule has 43 heavy (non-hydrogen) atoms. The fraction of sp³-hybridized carbons (Fsp3) is 0.600. The molecule has 0 bridgehead atoms. The molecule has 2 saturated heterocycles. The zero-order valence-corrected chi connectivity index (χ0v) is 28.3. The number of carbonyl (C=O) groups is 2. The van der Waals surface area contributed by atoms with Gasteiger partial charge in [0, 0.05) is 75.2 Å². The van der Waals surface area contributed by atoms with E-state index in [2.05, 4.69) is 36.1 Å².